The van der Waals surface area contributed by atoms with Crippen LogP contribution < -0.4 is 4.90 Å². The molecule has 3 heterocycles. The second-order valence-corrected chi connectivity index (χ2v) is 6.75. The molecule has 4 rings (SSSR count). The summed E-state index contributed by atoms with van der Waals surface area (Å²) in [5.41, 5.74) is 5.05. The Labute approximate surface area is 158 Å². The van der Waals surface area contributed by atoms with Gasteiger partial charge in [0.25, 0.3) is 5.91 Å². The van der Waals surface area contributed by atoms with E-state index >= 15 is 0 Å². The number of aromatic nitrogens is 3. The number of carbonyl (C=O) groups is 1. The number of aromatic amines is 1. The summed E-state index contributed by atoms with van der Waals surface area (Å²) in [7, 11) is 0. The van der Waals surface area contributed by atoms with E-state index in [9.17, 15) is 4.79 Å². The summed E-state index contributed by atoms with van der Waals surface area (Å²) in [6.07, 6.45) is 4.53. The Morgan fingerprint density at radius 1 is 1.26 bits per heavy atom. The summed E-state index contributed by atoms with van der Waals surface area (Å²) < 4.78 is 0. The number of pyridine rings is 1. The van der Waals surface area contributed by atoms with E-state index < -0.39 is 0 Å². The van der Waals surface area contributed by atoms with Crippen molar-refractivity contribution in [1.29, 1.82) is 0 Å². The lowest BCUT2D eigenvalue weighted by molar-refractivity contribution is 0.0746. The molecule has 0 saturated heterocycles. The highest BCUT2D eigenvalue weighted by Crippen LogP contribution is 2.23. The van der Waals surface area contributed by atoms with Crippen molar-refractivity contribution < 1.29 is 4.79 Å². The van der Waals surface area contributed by atoms with Gasteiger partial charge in [-0.2, -0.15) is 5.10 Å². The molecule has 2 aromatic heterocycles. The fraction of sp³-hybridized carbons (Fsp3) is 0.286. The normalized spacial score (nSPS) is 13.3. The topological polar surface area (TPSA) is 65.1 Å². The second-order valence-electron chi connectivity index (χ2n) is 6.75. The van der Waals surface area contributed by atoms with E-state index in [1.165, 1.54) is 11.3 Å². The van der Waals surface area contributed by atoms with E-state index in [1.54, 1.807) is 6.20 Å². The van der Waals surface area contributed by atoms with Crippen molar-refractivity contribution in [3.63, 3.8) is 0 Å². The van der Waals surface area contributed by atoms with Crippen LogP contribution in [0.3, 0.4) is 0 Å². The van der Waals surface area contributed by atoms with Crippen LogP contribution in [0, 0.1) is 0 Å². The fourth-order valence-electron chi connectivity index (χ4n) is 3.47. The van der Waals surface area contributed by atoms with Crippen molar-refractivity contribution in [3.05, 3.63) is 77.4 Å². The number of hydrogen-bond acceptors (Lipinski definition) is 4. The van der Waals surface area contributed by atoms with Crippen molar-refractivity contribution in [3.8, 4) is 0 Å². The van der Waals surface area contributed by atoms with Crippen molar-refractivity contribution >= 4 is 11.6 Å². The molecule has 3 aromatic rings. The molecule has 0 aliphatic carbocycles. The van der Waals surface area contributed by atoms with Gasteiger partial charge < -0.3 is 9.80 Å². The summed E-state index contributed by atoms with van der Waals surface area (Å²) in [5, 5.41) is 7.18. The number of H-pyrrole nitrogens is 1. The highest BCUT2D eigenvalue weighted by Gasteiger charge is 2.21. The molecule has 0 atom stereocenters. The first-order valence-corrected chi connectivity index (χ1v) is 9.30. The van der Waals surface area contributed by atoms with Crippen LogP contribution in [0.15, 0.2) is 54.9 Å². The molecule has 0 radical (unpaired) electrons. The lowest BCUT2D eigenvalue weighted by Crippen LogP contribution is -2.32. The average molecular weight is 361 g/mol. The lowest BCUT2D eigenvalue weighted by atomic mass is 10.1. The number of fused-ring (bicyclic) bond motifs is 1. The zero-order chi connectivity index (χ0) is 18.6. The number of amides is 1. The van der Waals surface area contributed by atoms with Gasteiger partial charge in [0.1, 0.15) is 5.69 Å². The largest absolute Gasteiger partial charge is 0.367 e. The van der Waals surface area contributed by atoms with Gasteiger partial charge in [-0.15, -0.1) is 0 Å². The zero-order valence-electron chi connectivity index (χ0n) is 15.4. The third-order valence-corrected chi connectivity index (χ3v) is 5.01. The molecule has 1 aliphatic rings. The number of benzene rings is 1. The first-order valence-electron chi connectivity index (χ1n) is 9.30. The molecule has 0 fully saturated rings. The van der Waals surface area contributed by atoms with Crippen LogP contribution in [-0.2, 0) is 19.5 Å². The highest BCUT2D eigenvalue weighted by atomic mass is 16.2. The lowest BCUT2D eigenvalue weighted by Gasteiger charge is -2.29. The van der Waals surface area contributed by atoms with Gasteiger partial charge >= 0.3 is 0 Å². The van der Waals surface area contributed by atoms with E-state index in [1.807, 2.05) is 60.5 Å². The van der Waals surface area contributed by atoms with Gasteiger partial charge in [0.05, 0.1) is 6.20 Å². The molecule has 0 bridgehead atoms. The highest BCUT2D eigenvalue weighted by molar-refractivity contribution is 5.93. The zero-order valence-corrected chi connectivity index (χ0v) is 15.4. The summed E-state index contributed by atoms with van der Waals surface area (Å²) in [4.78, 5) is 21.4. The van der Waals surface area contributed by atoms with Crippen molar-refractivity contribution in [2.45, 2.75) is 26.4 Å². The maximum Gasteiger partial charge on any atom is 0.272 e. The van der Waals surface area contributed by atoms with E-state index in [2.05, 4.69) is 20.1 Å². The predicted molar refractivity (Wildman–Crippen MR) is 104 cm³/mol. The minimum Gasteiger partial charge on any atom is -0.367 e. The van der Waals surface area contributed by atoms with Crippen molar-refractivity contribution in [2.24, 2.45) is 0 Å². The molecule has 0 spiro atoms. The number of nitrogens with zero attached hydrogens (tertiary/aromatic N) is 4. The van der Waals surface area contributed by atoms with Gasteiger partial charge in [-0.05, 0) is 24.6 Å². The molecule has 1 amide bonds. The van der Waals surface area contributed by atoms with Gasteiger partial charge in [0.15, 0.2) is 0 Å². The Kier molecular flexibility index (Phi) is 4.87. The summed E-state index contributed by atoms with van der Waals surface area (Å²) >= 11 is 0. The average Bonchev–Trinajstić information content (AvgIpc) is 3.20. The SMILES string of the molecule is CCN(Cc1ccccc1)C(=O)c1cc(N2CCc3[nH]ncc3C2)ccn1. The smallest absolute Gasteiger partial charge is 0.272 e. The molecular weight excluding hydrogens is 338 g/mol. The predicted octanol–water partition coefficient (Wildman–Crippen LogP) is 3.03. The first kappa shape index (κ1) is 17.3. The summed E-state index contributed by atoms with van der Waals surface area (Å²) in [6.45, 7) is 4.92. The maximum atomic E-state index is 13.0. The fourth-order valence-corrected chi connectivity index (χ4v) is 3.47. The van der Waals surface area contributed by atoms with E-state index in [0.29, 0.717) is 18.8 Å². The van der Waals surface area contributed by atoms with Crippen LogP contribution in [0.4, 0.5) is 5.69 Å². The van der Waals surface area contributed by atoms with E-state index in [4.69, 9.17) is 0 Å². The Morgan fingerprint density at radius 2 is 2.11 bits per heavy atom. The van der Waals surface area contributed by atoms with Gasteiger partial charge in [-0.3, -0.25) is 14.9 Å². The molecule has 0 unspecified atom stereocenters. The third kappa shape index (κ3) is 3.69. The van der Waals surface area contributed by atoms with Crippen LogP contribution in [0.2, 0.25) is 0 Å². The summed E-state index contributed by atoms with van der Waals surface area (Å²) in [5.74, 6) is -0.0378. The van der Waals surface area contributed by atoms with E-state index in [0.717, 1.165) is 30.8 Å². The molecule has 138 valence electrons. The number of anilines is 1. The third-order valence-electron chi connectivity index (χ3n) is 5.01. The number of carbonyl (C=O) groups excluding carboxylic acids is 1. The van der Waals surface area contributed by atoms with Crippen LogP contribution >= 0.6 is 0 Å². The minimum atomic E-state index is -0.0378. The first-order chi connectivity index (χ1) is 13.2. The standard InChI is InChI=1S/C21H23N5O/c1-2-25(14-16-6-4-3-5-7-16)21(27)20-12-18(8-10-22-20)26-11-9-19-17(15-26)13-23-24-19/h3-8,10,12-13H,2,9,11,14-15H2,1H3,(H,23,24). The van der Waals surface area contributed by atoms with E-state index in [-0.39, 0.29) is 5.91 Å². The van der Waals surface area contributed by atoms with Crippen LogP contribution in [0.1, 0.15) is 34.2 Å². The minimum absolute atomic E-state index is 0.0378. The molecule has 1 aromatic carbocycles. The van der Waals surface area contributed by atoms with Gasteiger partial charge in [-0.1, -0.05) is 30.3 Å². The van der Waals surface area contributed by atoms with Gasteiger partial charge in [0.2, 0.25) is 0 Å². The number of nitrogens with one attached hydrogen (secondary N) is 1. The maximum absolute atomic E-state index is 13.0. The Bertz CT molecular complexity index is 921. The molecule has 1 aliphatic heterocycles. The second kappa shape index (κ2) is 7.61. The molecule has 0 saturated carbocycles. The number of rotatable bonds is 5. The summed E-state index contributed by atoms with van der Waals surface area (Å²) in [6, 6.07) is 13.9. The molecular formula is C21H23N5O. The Hall–Kier alpha value is -3.15. The van der Waals surface area contributed by atoms with Crippen molar-refractivity contribution in [2.75, 3.05) is 18.0 Å². The molecule has 1 N–H and O–H groups in total. The Balaban J connectivity index is 1.52. The molecule has 27 heavy (non-hydrogen) atoms. The monoisotopic (exact) mass is 361 g/mol. The van der Waals surface area contributed by atoms with Gasteiger partial charge in [0, 0.05) is 55.7 Å². The molecule has 6 heteroatoms. The van der Waals surface area contributed by atoms with Crippen LogP contribution in [-0.4, -0.2) is 39.1 Å². The van der Waals surface area contributed by atoms with Crippen LogP contribution in [0.25, 0.3) is 0 Å². The van der Waals surface area contributed by atoms with Crippen LogP contribution in [0.5, 0.6) is 0 Å². The number of hydrogen-bond donors (Lipinski definition) is 1. The molecule has 6 nitrogen and oxygen atoms in total. The Morgan fingerprint density at radius 3 is 2.93 bits per heavy atom. The van der Waals surface area contributed by atoms with Crippen molar-refractivity contribution in [1.82, 2.24) is 20.1 Å². The van der Waals surface area contributed by atoms with Gasteiger partial charge in [-0.25, -0.2) is 0 Å². The quantitative estimate of drug-likeness (QED) is 0.759.